The molecule has 0 saturated carbocycles. The van der Waals surface area contributed by atoms with Crippen LogP contribution in [0, 0.1) is 0 Å². The first kappa shape index (κ1) is 21.1. The molecule has 146 valence electrons. The summed E-state index contributed by atoms with van der Waals surface area (Å²) in [4.78, 5) is 12.7. The van der Waals surface area contributed by atoms with Crippen molar-refractivity contribution in [1.29, 1.82) is 0 Å². The van der Waals surface area contributed by atoms with Gasteiger partial charge in [0.15, 0.2) is 0 Å². The van der Waals surface area contributed by atoms with Crippen LogP contribution in [0.2, 0.25) is 0 Å². The summed E-state index contributed by atoms with van der Waals surface area (Å²) >= 11 is 0. The second kappa shape index (κ2) is 8.67. The molecule has 1 unspecified atom stereocenters. The van der Waals surface area contributed by atoms with Crippen LogP contribution in [0.5, 0.6) is 0 Å². The van der Waals surface area contributed by atoms with Gasteiger partial charge in [0.1, 0.15) is 0 Å². The Bertz CT molecular complexity index is 890. The molecule has 2 aromatic carbocycles. The van der Waals surface area contributed by atoms with Crippen LogP contribution in [0.1, 0.15) is 55.2 Å². The van der Waals surface area contributed by atoms with Crippen LogP contribution in [0.3, 0.4) is 0 Å². The van der Waals surface area contributed by atoms with E-state index in [2.05, 4.69) is 12.2 Å². The highest BCUT2D eigenvalue weighted by Gasteiger charge is 2.24. The summed E-state index contributed by atoms with van der Waals surface area (Å²) in [5.74, 6) is -0.300. The van der Waals surface area contributed by atoms with Crippen molar-refractivity contribution < 1.29 is 13.2 Å². The van der Waals surface area contributed by atoms with Gasteiger partial charge in [-0.15, -0.1) is 0 Å². The number of nitrogens with one attached hydrogen (secondary N) is 1. The molecule has 0 radical (unpaired) electrons. The first-order chi connectivity index (χ1) is 12.7. The van der Waals surface area contributed by atoms with Crippen LogP contribution >= 0.6 is 0 Å². The standard InChI is InChI=1S/C21H28N2O3S/c1-6-17-10-12-18(13-11-17)16(4)22-21(24)19-8-7-9-20(14-19)27(25,26)23(5)15(2)3/h7-16H,6H2,1-5H3,(H,22,24). The summed E-state index contributed by atoms with van der Waals surface area (Å²) in [6.45, 7) is 7.61. The highest BCUT2D eigenvalue weighted by atomic mass is 32.2. The van der Waals surface area contributed by atoms with E-state index < -0.39 is 10.0 Å². The van der Waals surface area contributed by atoms with Gasteiger partial charge in [-0.05, 0) is 56.5 Å². The third kappa shape index (κ3) is 4.96. The molecule has 0 heterocycles. The van der Waals surface area contributed by atoms with E-state index in [1.54, 1.807) is 26.0 Å². The second-order valence-electron chi connectivity index (χ2n) is 6.93. The van der Waals surface area contributed by atoms with Crippen molar-refractivity contribution in [2.75, 3.05) is 7.05 Å². The van der Waals surface area contributed by atoms with E-state index in [-0.39, 0.29) is 22.9 Å². The van der Waals surface area contributed by atoms with Crippen molar-refractivity contribution >= 4 is 15.9 Å². The number of carbonyl (C=O) groups excluding carboxylic acids is 1. The van der Waals surface area contributed by atoms with Crippen molar-refractivity contribution in [2.45, 2.75) is 51.1 Å². The number of benzene rings is 2. The summed E-state index contributed by atoms with van der Waals surface area (Å²) in [5.41, 5.74) is 2.57. The maximum Gasteiger partial charge on any atom is 0.251 e. The quantitative estimate of drug-likeness (QED) is 0.785. The number of rotatable bonds is 7. The Balaban J connectivity index is 2.19. The van der Waals surface area contributed by atoms with Crippen molar-refractivity contribution in [3.05, 3.63) is 65.2 Å². The number of amides is 1. The lowest BCUT2D eigenvalue weighted by Gasteiger charge is -2.21. The monoisotopic (exact) mass is 388 g/mol. The van der Waals surface area contributed by atoms with Gasteiger partial charge in [0.25, 0.3) is 5.91 Å². The lowest BCUT2D eigenvalue weighted by molar-refractivity contribution is 0.0939. The van der Waals surface area contributed by atoms with Gasteiger partial charge in [0, 0.05) is 18.7 Å². The van der Waals surface area contributed by atoms with Crippen molar-refractivity contribution in [3.63, 3.8) is 0 Å². The summed E-state index contributed by atoms with van der Waals surface area (Å²) in [5, 5.41) is 2.93. The maximum absolute atomic E-state index is 12.6. The van der Waals surface area contributed by atoms with Crippen LogP contribution in [-0.2, 0) is 16.4 Å². The highest BCUT2D eigenvalue weighted by Crippen LogP contribution is 2.19. The van der Waals surface area contributed by atoms with Gasteiger partial charge >= 0.3 is 0 Å². The van der Waals surface area contributed by atoms with Crippen LogP contribution in [0.25, 0.3) is 0 Å². The predicted octanol–water partition coefficient (Wildman–Crippen LogP) is 3.77. The molecule has 0 fully saturated rings. The second-order valence-corrected chi connectivity index (χ2v) is 8.93. The molecule has 0 aliphatic carbocycles. The van der Waals surface area contributed by atoms with Crippen LogP contribution in [-0.4, -0.2) is 31.7 Å². The molecule has 1 N–H and O–H groups in total. The zero-order valence-electron chi connectivity index (χ0n) is 16.6. The third-order valence-corrected chi connectivity index (χ3v) is 6.77. The van der Waals surface area contributed by atoms with Crippen molar-refractivity contribution in [3.8, 4) is 0 Å². The Kier molecular flexibility index (Phi) is 6.78. The van der Waals surface area contributed by atoms with Gasteiger partial charge in [-0.1, -0.05) is 37.3 Å². The third-order valence-electron chi connectivity index (χ3n) is 4.74. The highest BCUT2D eigenvalue weighted by molar-refractivity contribution is 7.89. The normalized spacial score (nSPS) is 13.0. The first-order valence-electron chi connectivity index (χ1n) is 9.14. The van der Waals surface area contributed by atoms with E-state index in [9.17, 15) is 13.2 Å². The topological polar surface area (TPSA) is 66.5 Å². The predicted molar refractivity (Wildman–Crippen MR) is 108 cm³/mol. The van der Waals surface area contributed by atoms with Gasteiger partial charge in [0.05, 0.1) is 10.9 Å². The largest absolute Gasteiger partial charge is 0.346 e. The summed E-state index contributed by atoms with van der Waals surface area (Å²) < 4.78 is 26.6. The summed E-state index contributed by atoms with van der Waals surface area (Å²) in [6.07, 6.45) is 0.965. The molecule has 1 atom stereocenters. The number of sulfonamides is 1. The molecule has 5 nitrogen and oxygen atoms in total. The van der Waals surface area contributed by atoms with E-state index in [0.717, 1.165) is 12.0 Å². The van der Waals surface area contributed by atoms with Crippen LogP contribution < -0.4 is 5.32 Å². The Labute approximate surface area is 162 Å². The van der Waals surface area contributed by atoms with Crippen molar-refractivity contribution in [1.82, 2.24) is 9.62 Å². The zero-order chi connectivity index (χ0) is 20.2. The summed E-state index contributed by atoms with van der Waals surface area (Å²) in [6, 6.07) is 13.9. The van der Waals surface area contributed by atoms with E-state index in [0.29, 0.717) is 5.56 Å². The Morgan fingerprint density at radius 2 is 1.70 bits per heavy atom. The number of hydrogen-bond acceptors (Lipinski definition) is 3. The molecule has 0 aliphatic heterocycles. The lowest BCUT2D eigenvalue weighted by atomic mass is 10.0. The molecular weight excluding hydrogens is 360 g/mol. The number of hydrogen-bond donors (Lipinski definition) is 1. The van der Waals surface area contributed by atoms with Crippen LogP contribution in [0.4, 0.5) is 0 Å². The van der Waals surface area contributed by atoms with Gasteiger partial charge in [-0.25, -0.2) is 8.42 Å². The minimum absolute atomic E-state index is 0.117. The fourth-order valence-corrected chi connectivity index (χ4v) is 4.06. The first-order valence-corrected chi connectivity index (χ1v) is 10.6. The fourth-order valence-electron chi connectivity index (χ4n) is 2.65. The average Bonchev–Trinajstić information content (AvgIpc) is 2.67. The van der Waals surface area contributed by atoms with E-state index in [4.69, 9.17) is 0 Å². The minimum Gasteiger partial charge on any atom is -0.346 e. The zero-order valence-corrected chi connectivity index (χ0v) is 17.4. The fraction of sp³-hybridized carbons (Fsp3) is 0.381. The number of carbonyl (C=O) groups is 1. The Hall–Kier alpha value is -2.18. The smallest absolute Gasteiger partial charge is 0.251 e. The number of aryl methyl sites for hydroxylation is 1. The van der Waals surface area contributed by atoms with Crippen LogP contribution in [0.15, 0.2) is 53.4 Å². The van der Waals surface area contributed by atoms with Gasteiger partial charge in [-0.3, -0.25) is 4.79 Å². The molecule has 0 bridgehead atoms. The van der Waals surface area contributed by atoms with Gasteiger partial charge < -0.3 is 5.32 Å². The van der Waals surface area contributed by atoms with Gasteiger partial charge in [0.2, 0.25) is 10.0 Å². The van der Waals surface area contributed by atoms with E-state index in [1.807, 2.05) is 31.2 Å². The van der Waals surface area contributed by atoms with E-state index in [1.165, 1.54) is 29.0 Å². The molecule has 0 aliphatic rings. The Morgan fingerprint density at radius 3 is 2.26 bits per heavy atom. The van der Waals surface area contributed by atoms with Gasteiger partial charge in [-0.2, -0.15) is 4.31 Å². The molecular formula is C21H28N2O3S. The molecule has 0 spiro atoms. The minimum atomic E-state index is -3.63. The molecule has 0 saturated heterocycles. The molecule has 2 rings (SSSR count). The molecule has 27 heavy (non-hydrogen) atoms. The Morgan fingerprint density at radius 1 is 1.07 bits per heavy atom. The molecule has 1 amide bonds. The molecule has 6 heteroatoms. The number of nitrogens with zero attached hydrogens (tertiary/aromatic N) is 1. The SMILES string of the molecule is CCc1ccc(C(C)NC(=O)c2cccc(S(=O)(=O)N(C)C(C)C)c2)cc1. The van der Waals surface area contributed by atoms with E-state index >= 15 is 0 Å². The molecule has 0 aromatic heterocycles. The maximum atomic E-state index is 12.6. The van der Waals surface area contributed by atoms with Crippen molar-refractivity contribution in [2.24, 2.45) is 0 Å². The summed E-state index contributed by atoms with van der Waals surface area (Å²) in [7, 11) is -2.09. The average molecular weight is 389 g/mol. The molecule has 2 aromatic rings. The lowest BCUT2D eigenvalue weighted by Crippen LogP contribution is -2.33.